The number of para-hydroxylation sites is 1. The molecule has 2 aromatic rings. The van der Waals surface area contributed by atoms with Gasteiger partial charge in [0.25, 0.3) is 5.91 Å². The molecule has 1 saturated carbocycles. The fraction of sp³-hybridized carbons (Fsp3) is 0.571. The van der Waals surface area contributed by atoms with Gasteiger partial charge in [0.15, 0.2) is 0 Å². The fourth-order valence-electron chi connectivity index (χ4n) is 4.77. The van der Waals surface area contributed by atoms with Crippen LogP contribution in [-0.2, 0) is 11.3 Å². The largest absolute Gasteiger partial charge is 0.326 e. The predicted molar refractivity (Wildman–Crippen MR) is 113 cm³/mol. The third kappa shape index (κ3) is 3.65. The highest BCUT2D eigenvalue weighted by Gasteiger charge is 2.51. The normalized spacial score (nSPS) is 23.2. The fourth-order valence-corrected chi connectivity index (χ4v) is 5.78. The summed E-state index contributed by atoms with van der Waals surface area (Å²) in [7, 11) is 0. The summed E-state index contributed by atoms with van der Waals surface area (Å²) in [5.41, 5.74) is 0.450. The number of fused-ring (bicyclic) bond motifs is 1. The van der Waals surface area contributed by atoms with E-state index in [2.05, 4.69) is 33.3 Å². The van der Waals surface area contributed by atoms with Gasteiger partial charge in [0.05, 0.1) is 23.4 Å². The molecule has 29 heavy (non-hydrogen) atoms. The van der Waals surface area contributed by atoms with Crippen LogP contribution in [0.15, 0.2) is 24.3 Å². The highest BCUT2D eigenvalue weighted by molar-refractivity contribution is 7.18. The number of nitrogens with zero attached hydrogens (tertiary/aromatic N) is 4. The lowest BCUT2D eigenvalue weighted by molar-refractivity contribution is -0.134. The second-order valence-electron chi connectivity index (χ2n) is 8.42. The van der Waals surface area contributed by atoms with Crippen LogP contribution in [0.2, 0.25) is 0 Å². The van der Waals surface area contributed by atoms with E-state index in [1.807, 2.05) is 6.07 Å². The molecule has 3 aliphatic rings. The highest BCUT2D eigenvalue weighted by Crippen LogP contribution is 2.33. The van der Waals surface area contributed by atoms with Gasteiger partial charge in [0.2, 0.25) is 0 Å². The minimum absolute atomic E-state index is 0.0147. The maximum atomic E-state index is 13.0. The molecule has 1 spiro atoms. The van der Waals surface area contributed by atoms with Gasteiger partial charge in [0, 0.05) is 26.2 Å². The third-order valence-corrected chi connectivity index (χ3v) is 7.48. The van der Waals surface area contributed by atoms with Gasteiger partial charge in [-0.15, -0.1) is 11.3 Å². The SMILES string of the molecule is O=C1NC2(CCCCC2)C(=O)N1CN1CCN(Cc2nc3ccccc3s2)CC1. The molecule has 2 saturated heterocycles. The summed E-state index contributed by atoms with van der Waals surface area (Å²) in [6, 6.07) is 8.04. The molecule has 0 bridgehead atoms. The standard InChI is InChI=1S/C21H27N5O2S/c27-19-21(8-4-1-5-9-21)23-20(28)26(19)15-25-12-10-24(11-13-25)14-18-22-16-6-2-3-7-17(16)29-18/h2-3,6-7H,1,4-5,8-15H2,(H,23,28). The van der Waals surface area contributed by atoms with Crippen LogP contribution in [0.3, 0.4) is 0 Å². The lowest BCUT2D eigenvalue weighted by atomic mass is 9.82. The molecule has 154 valence electrons. The lowest BCUT2D eigenvalue weighted by Gasteiger charge is -2.36. The van der Waals surface area contributed by atoms with Crippen LogP contribution in [0.5, 0.6) is 0 Å². The number of carbonyl (C=O) groups is 2. The molecule has 0 atom stereocenters. The van der Waals surface area contributed by atoms with Crippen molar-refractivity contribution in [1.82, 2.24) is 25.0 Å². The van der Waals surface area contributed by atoms with E-state index in [1.165, 1.54) is 9.60 Å². The molecule has 1 aliphatic carbocycles. The molecule has 3 fully saturated rings. The van der Waals surface area contributed by atoms with Crippen LogP contribution in [0.25, 0.3) is 10.2 Å². The van der Waals surface area contributed by atoms with E-state index in [4.69, 9.17) is 4.98 Å². The van der Waals surface area contributed by atoms with Gasteiger partial charge >= 0.3 is 6.03 Å². The van der Waals surface area contributed by atoms with Gasteiger partial charge in [-0.3, -0.25) is 14.6 Å². The van der Waals surface area contributed by atoms with E-state index in [0.29, 0.717) is 6.67 Å². The molecule has 0 radical (unpaired) electrons. The minimum atomic E-state index is -0.621. The number of hydrogen-bond acceptors (Lipinski definition) is 6. The van der Waals surface area contributed by atoms with Crippen molar-refractivity contribution < 1.29 is 9.59 Å². The summed E-state index contributed by atoms with van der Waals surface area (Å²) >= 11 is 1.76. The third-order valence-electron chi connectivity index (χ3n) is 6.46. The first kappa shape index (κ1) is 19.0. The van der Waals surface area contributed by atoms with Gasteiger partial charge in [-0.25, -0.2) is 14.7 Å². The maximum absolute atomic E-state index is 13.0. The average Bonchev–Trinajstić information content (AvgIpc) is 3.24. The van der Waals surface area contributed by atoms with Crippen molar-refractivity contribution in [1.29, 1.82) is 0 Å². The number of rotatable bonds is 4. The molecule has 1 aromatic carbocycles. The van der Waals surface area contributed by atoms with Gasteiger partial charge in [-0.1, -0.05) is 31.4 Å². The molecule has 5 rings (SSSR count). The van der Waals surface area contributed by atoms with E-state index >= 15 is 0 Å². The number of aromatic nitrogens is 1. The number of nitrogens with one attached hydrogen (secondary N) is 1. The van der Waals surface area contributed by atoms with Gasteiger partial charge in [-0.05, 0) is 25.0 Å². The number of hydrogen-bond donors (Lipinski definition) is 1. The van der Waals surface area contributed by atoms with Crippen LogP contribution in [0.4, 0.5) is 4.79 Å². The lowest BCUT2D eigenvalue weighted by Crippen LogP contribution is -2.52. The van der Waals surface area contributed by atoms with E-state index in [1.54, 1.807) is 11.3 Å². The first-order valence-electron chi connectivity index (χ1n) is 10.6. The van der Waals surface area contributed by atoms with E-state index in [-0.39, 0.29) is 11.9 Å². The zero-order chi connectivity index (χ0) is 19.8. The Morgan fingerprint density at radius 1 is 1.00 bits per heavy atom. The zero-order valence-corrected chi connectivity index (χ0v) is 17.4. The summed E-state index contributed by atoms with van der Waals surface area (Å²) in [6.45, 7) is 4.82. The zero-order valence-electron chi connectivity index (χ0n) is 16.6. The van der Waals surface area contributed by atoms with Crippen LogP contribution >= 0.6 is 11.3 Å². The van der Waals surface area contributed by atoms with Crippen LogP contribution in [0.1, 0.15) is 37.1 Å². The Morgan fingerprint density at radius 2 is 1.72 bits per heavy atom. The Bertz CT molecular complexity index is 882. The number of urea groups is 1. The second kappa shape index (κ2) is 7.66. The maximum Gasteiger partial charge on any atom is 0.326 e. The Hall–Kier alpha value is -2.03. The van der Waals surface area contributed by atoms with Gasteiger partial charge in [-0.2, -0.15) is 0 Å². The van der Waals surface area contributed by atoms with E-state index in [0.717, 1.165) is 75.4 Å². The molecule has 1 N–H and O–H groups in total. The summed E-state index contributed by atoms with van der Waals surface area (Å²) in [5, 5.41) is 4.15. The first-order valence-corrected chi connectivity index (χ1v) is 11.4. The average molecular weight is 414 g/mol. The Kier molecular flexibility index (Phi) is 5.01. The smallest absolute Gasteiger partial charge is 0.323 e. The topological polar surface area (TPSA) is 68.8 Å². The van der Waals surface area contributed by atoms with Crippen molar-refractivity contribution in [3.8, 4) is 0 Å². The van der Waals surface area contributed by atoms with Crippen molar-refractivity contribution in [3.05, 3.63) is 29.3 Å². The van der Waals surface area contributed by atoms with Crippen LogP contribution in [0, 0.1) is 0 Å². The van der Waals surface area contributed by atoms with Crippen molar-refractivity contribution in [2.24, 2.45) is 0 Å². The monoisotopic (exact) mass is 413 g/mol. The van der Waals surface area contributed by atoms with Crippen molar-refractivity contribution in [2.75, 3.05) is 32.8 Å². The summed E-state index contributed by atoms with van der Waals surface area (Å²) in [6.07, 6.45) is 4.75. The second-order valence-corrected chi connectivity index (χ2v) is 9.53. The molecule has 2 aliphatic heterocycles. The number of benzene rings is 1. The summed E-state index contributed by atoms with van der Waals surface area (Å²) < 4.78 is 1.23. The number of amides is 3. The van der Waals surface area contributed by atoms with Crippen molar-refractivity contribution >= 4 is 33.5 Å². The molecule has 8 heteroatoms. The summed E-state index contributed by atoms with van der Waals surface area (Å²) in [5.74, 6) is -0.0147. The number of thiazole rings is 1. The molecule has 0 unspecified atom stereocenters. The Labute approximate surface area is 174 Å². The first-order chi connectivity index (χ1) is 14.1. The molecule has 3 heterocycles. The van der Waals surface area contributed by atoms with Gasteiger partial charge < -0.3 is 5.32 Å². The molecule has 1 aromatic heterocycles. The minimum Gasteiger partial charge on any atom is -0.323 e. The molecular formula is C21H27N5O2S. The van der Waals surface area contributed by atoms with Crippen molar-refractivity contribution in [3.63, 3.8) is 0 Å². The Balaban J connectivity index is 1.16. The number of imide groups is 1. The molecule has 7 nitrogen and oxygen atoms in total. The predicted octanol–water partition coefficient (Wildman–Crippen LogP) is 2.63. The quantitative estimate of drug-likeness (QED) is 0.781. The van der Waals surface area contributed by atoms with Gasteiger partial charge in [0.1, 0.15) is 10.5 Å². The number of carbonyl (C=O) groups excluding carboxylic acids is 2. The molecule has 3 amide bonds. The van der Waals surface area contributed by atoms with Crippen LogP contribution in [-0.4, -0.2) is 70.0 Å². The molecular weight excluding hydrogens is 386 g/mol. The van der Waals surface area contributed by atoms with Crippen LogP contribution < -0.4 is 5.32 Å². The highest BCUT2D eigenvalue weighted by atomic mass is 32.1. The number of piperazine rings is 1. The van der Waals surface area contributed by atoms with E-state index in [9.17, 15) is 9.59 Å². The van der Waals surface area contributed by atoms with E-state index < -0.39 is 5.54 Å². The Morgan fingerprint density at radius 3 is 2.48 bits per heavy atom. The summed E-state index contributed by atoms with van der Waals surface area (Å²) in [4.78, 5) is 36.2. The van der Waals surface area contributed by atoms with Crippen molar-refractivity contribution in [2.45, 2.75) is 44.2 Å².